The zero-order valence-corrected chi connectivity index (χ0v) is 11.5. The number of hydrogen-bond acceptors (Lipinski definition) is 4. The average molecular weight is 281 g/mol. The number of thioether (sulfide) groups is 1. The number of carbonyl (C=O) groups excluding carboxylic acids is 1. The summed E-state index contributed by atoms with van der Waals surface area (Å²) in [6, 6.07) is 0.356. The van der Waals surface area contributed by atoms with Gasteiger partial charge in [-0.05, 0) is 37.2 Å². The lowest BCUT2D eigenvalue weighted by Gasteiger charge is -2.24. The van der Waals surface area contributed by atoms with Crippen LogP contribution in [0.2, 0.25) is 0 Å². The zero-order valence-electron chi connectivity index (χ0n) is 9.89. The summed E-state index contributed by atoms with van der Waals surface area (Å²) < 4.78 is 5.57. The molecule has 2 fully saturated rings. The van der Waals surface area contributed by atoms with Gasteiger partial charge in [0.15, 0.2) is 0 Å². The fraction of sp³-hybridized carbons (Fsp3) is 0.909. The van der Waals surface area contributed by atoms with Crippen LogP contribution in [0.15, 0.2) is 0 Å². The predicted octanol–water partition coefficient (Wildman–Crippen LogP) is 0.926. The first-order chi connectivity index (χ1) is 7.79. The van der Waals surface area contributed by atoms with Crippen molar-refractivity contribution >= 4 is 30.1 Å². The lowest BCUT2D eigenvalue weighted by atomic mass is 10.1. The molecule has 6 heteroatoms. The number of nitrogens with two attached hydrogens (primary N) is 1. The molecule has 2 saturated heterocycles. The van der Waals surface area contributed by atoms with Crippen LogP contribution in [0.25, 0.3) is 0 Å². The Kier molecular flexibility index (Phi) is 6.62. The van der Waals surface area contributed by atoms with Crippen molar-refractivity contribution in [3.8, 4) is 0 Å². The third kappa shape index (κ3) is 4.32. The van der Waals surface area contributed by atoms with Crippen LogP contribution in [-0.2, 0) is 9.53 Å². The molecule has 0 bridgehead atoms. The number of amides is 1. The maximum Gasteiger partial charge on any atom is 0.249 e. The van der Waals surface area contributed by atoms with E-state index in [0.717, 1.165) is 37.2 Å². The standard InChI is InChI=1S/C11H20N2O2S.ClH/c12-7-9-1-2-10(15-9)11(14)13-8-3-5-16-6-4-8;/h8-10H,1-7,12H2,(H,13,14);1H/t9-,10+;/m1./s1. The van der Waals surface area contributed by atoms with Crippen molar-refractivity contribution < 1.29 is 9.53 Å². The molecule has 0 aromatic carbocycles. The maximum absolute atomic E-state index is 11.9. The molecule has 0 aromatic rings. The molecule has 3 N–H and O–H groups in total. The molecular weight excluding hydrogens is 260 g/mol. The Morgan fingerprint density at radius 1 is 1.29 bits per heavy atom. The van der Waals surface area contributed by atoms with Crippen LogP contribution < -0.4 is 11.1 Å². The summed E-state index contributed by atoms with van der Waals surface area (Å²) in [6.07, 6.45) is 3.72. The van der Waals surface area contributed by atoms with Gasteiger partial charge in [0.1, 0.15) is 6.10 Å². The van der Waals surface area contributed by atoms with Crippen LogP contribution >= 0.6 is 24.2 Å². The first-order valence-electron chi connectivity index (χ1n) is 6.03. The SMILES string of the molecule is Cl.NC[C@H]1CC[C@@H](C(=O)NC2CCSCC2)O1. The molecule has 100 valence electrons. The van der Waals surface area contributed by atoms with Gasteiger partial charge in [0.2, 0.25) is 5.91 Å². The molecule has 2 rings (SSSR count). The number of halogens is 1. The Morgan fingerprint density at radius 2 is 2.00 bits per heavy atom. The summed E-state index contributed by atoms with van der Waals surface area (Å²) in [5.74, 6) is 2.37. The van der Waals surface area contributed by atoms with Gasteiger partial charge in [-0.1, -0.05) is 0 Å². The van der Waals surface area contributed by atoms with Gasteiger partial charge in [-0.25, -0.2) is 0 Å². The van der Waals surface area contributed by atoms with Crippen LogP contribution in [0.4, 0.5) is 0 Å². The average Bonchev–Trinajstić information content (AvgIpc) is 2.79. The molecule has 2 aliphatic rings. The highest BCUT2D eigenvalue weighted by Gasteiger charge is 2.31. The molecule has 0 spiro atoms. The number of carbonyl (C=O) groups is 1. The molecular formula is C11H21ClN2O2S. The molecule has 1 amide bonds. The van der Waals surface area contributed by atoms with Crippen LogP contribution in [-0.4, -0.2) is 42.2 Å². The first-order valence-corrected chi connectivity index (χ1v) is 7.18. The van der Waals surface area contributed by atoms with E-state index in [1.165, 1.54) is 0 Å². The number of rotatable bonds is 3. The normalized spacial score (nSPS) is 29.7. The van der Waals surface area contributed by atoms with Gasteiger partial charge in [0.25, 0.3) is 0 Å². The van der Waals surface area contributed by atoms with Crippen LogP contribution in [0.3, 0.4) is 0 Å². The Labute approximate surface area is 113 Å². The van der Waals surface area contributed by atoms with Crippen molar-refractivity contribution in [3.05, 3.63) is 0 Å². The maximum atomic E-state index is 11.9. The minimum absolute atomic E-state index is 0. The van der Waals surface area contributed by atoms with E-state index in [2.05, 4.69) is 5.32 Å². The molecule has 0 saturated carbocycles. The van der Waals surface area contributed by atoms with E-state index in [-0.39, 0.29) is 30.5 Å². The van der Waals surface area contributed by atoms with E-state index in [1.54, 1.807) is 0 Å². The fourth-order valence-electron chi connectivity index (χ4n) is 2.21. The highest BCUT2D eigenvalue weighted by Crippen LogP contribution is 2.21. The van der Waals surface area contributed by atoms with Gasteiger partial charge in [0, 0.05) is 12.6 Å². The van der Waals surface area contributed by atoms with E-state index in [4.69, 9.17) is 10.5 Å². The number of ether oxygens (including phenoxy) is 1. The summed E-state index contributed by atoms with van der Waals surface area (Å²) in [6.45, 7) is 0.518. The Hall–Kier alpha value is 0.0300. The molecule has 0 unspecified atom stereocenters. The number of nitrogens with one attached hydrogen (secondary N) is 1. The molecule has 2 aliphatic heterocycles. The number of hydrogen-bond donors (Lipinski definition) is 2. The largest absolute Gasteiger partial charge is 0.364 e. The van der Waals surface area contributed by atoms with Crippen molar-refractivity contribution in [2.24, 2.45) is 5.73 Å². The third-order valence-electron chi connectivity index (χ3n) is 3.23. The smallest absolute Gasteiger partial charge is 0.249 e. The Morgan fingerprint density at radius 3 is 2.59 bits per heavy atom. The monoisotopic (exact) mass is 280 g/mol. The summed E-state index contributed by atoms with van der Waals surface area (Å²) in [5, 5.41) is 3.09. The van der Waals surface area contributed by atoms with Crippen LogP contribution in [0, 0.1) is 0 Å². The topological polar surface area (TPSA) is 64.4 Å². The minimum atomic E-state index is -0.261. The molecule has 17 heavy (non-hydrogen) atoms. The zero-order chi connectivity index (χ0) is 11.4. The van der Waals surface area contributed by atoms with Gasteiger partial charge >= 0.3 is 0 Å². The van der Waals surface area contributed by atoms with Gasteiger partial charge in [-0.3, -0.25) is 4.79 Å². The second kappa shape index (κ2) is 7.46. The predicted molar refractivity (Wildman–Crippen MR) is 72.7 cm³/mol. The highest BCUT2D eigenvalue weighted by atomic mass is 35.5. The van der Waals surface area contributed by atoms with E-state index in [1.807, 2.05) is 11.8 Å². The summed E-state index contributed by atoms with van der Waals surface area (Å²) >= 11 is 1.96. The fourth-order valence-corrected chi connectivity index (χ4v) is 3.31. The van der Waals surface area contributed by atoms with Gasteiger partial charge in [0.05, 0.1) is 6.10 Å². The lowest BCUT2D eigenvalue weighted by Crippen LogP contribution is -2.43. The van der Waals surface area contributed by atoms with Crippen LogP contribution in [0.1, 0.15) is 25.7 Å². The molecule has 4 nitrogen and oxygen atoms in total. The van der Waals surface area contributed by atoms with Crippen molar-refractivity contribution in [2.45, 2.75) is 43.9 Å². The summed E-state index contributed by atoms with van der Waals surface area (Å²) in [5.41, 5.74) is 5.52. The van der Waals surface area contributed by atoms with E-state index in [0.29, 0.717) is 12.6 Å². The summed E-state index contributed by atoms with van der Waals surface area (Å²) in [4.78, 5) is 11.9. The van der Waals surface area contributed by atoms with Gasteiger partial charge in [-0.15, -0.1) is 12.4 Å². The highest BCUT2D eigenvalue weighted by molar-refractivity contribution is 7.99. The van der Waals surface area contributed by atoms with E-state index < -0.39 is 0 Å². The second-order valence-corrected chi connectivity index (χ2v) is 5.68. The third-order valence-corrected chi connectivity index (χ3v) is 4.28. The summed E-state index contributed by atoms with van der Waals surface area (Å²) in [7, 11) is 0. The van der Waals surface area contributed by atoms with Crippen molar-refractivity contribution in [1.29, 1.82) is 0 Å². The quantitative estimate of drug-likeness (QED) is 0.807. The van der Waals surface area contributed by atoms with Crippen molar-refractivity contribution in [2.75, 3.05) is 18.1 Å². The van der Waals surface area contributed by atoms with Gasteiger partial charge in [-0.2, -0.15) is 11.8 Å². The lowest BCUT2D eigenvalue weighted by molar-refractivity contribution is -0.132. The van der Waals surface area contributed by atoms with E-state index >= 15 is 0 Å². The van der Waals surface area contributed by atoms with Crippen molar-refractivity contribution in [3.63, 3.8) is 0 Å². The Balaban J connectivity index is 0.00000144. The first kappa shape index (κ1) is 15.1. The molecule has 2 heterocycles. The van der Waals surface area contributed by atoms with Crippen LogP contribution in [0.5, 0.6) is 0 Å². The Bertz CT molecular complexity index is 250. The van der Waals surface area contributed by atoms with Gasteiger partial charge < -0.3 is 15.8 Å². The van der Waals surface area contributed by atoms with Crippen molar-refractivity contribution in [1.82, 2.24) is 5.32 Å². The molecule has 2 atom stereocenters. The minimum Gasteiger partial charge on any atom is -0.364 e. The molecule has 0 aromatic heterocycles. The molecule has 0 aliphatic carbocycles. The second-order valence-electron chi connectivity index (χ2n) is 4.46. The molecule has 0 radical (unpaired) electrons. The van der Waals surface area contributed by atoms with E-state index in [9.17, 15) is 4.79 Å².